The summed E-state index contributed by atoms with van der Waals surface area (Å²) in [5.41, 5.74) is 2.19. The molecule has 0 radical (unpaired) electrons. The molecule has 0 heterocycles. The Labute approximate surface area is 196 Å². The van der Waals surface area contributed by atoms with Crippen LogP contribution in [-0.4, -0.2) is 26.8 Å². The summed E-state index contributed by atoms with van der Waals surface area (Å²) >= 11 is 0. The second kappa shape index (κ2) is 8.88. The number of aromatic hydroxyl groups is 1. The molecule has 0 aliphatic carbocycles. The first kappa shape index (κ1) is 26.5. The highest BCUT2D eigenvalue weighted by molar-refractivity contribution is 6.75. The van der Waals surface area contributed by atoms with Gasteiger partial charge in [-0.2, -0.15) is 0 Å². The molecule has 4 nitrogen and oxygen atoms in total. The van der Waals surface area contributed by atoms with Crippen LogP contribution in [0.15, 0.2) is 36.4 Å². The van der Waals surface area contributed by atoms with Crippen molar-refractivity contribution < 1.29 is 19.1 Å². The van der Waals surface area contributed by atoms with Gasteiger partial charge in [-0.3, -0.25) is 0 Å². The Hall–Kier alpha value is -1.77. The zero-order chi connectivity index (χ0) is 24.7. The van der Waals surface area contributed by atoms with Gasteiger partial charge in [-0.05, 0) is 78.6 Å². The van der Waals surface area contributed by atoms with Crippen LogP contribution in [0.2, 0.25) is 36.3 Å². The van der Waals surface area contributed by atoms with E-state index in [4.69, 9.17) is 8.85 Å². The molecule has 0 aromatic heterocycles. The van der Waals surface area contributed by atoms with Crippen molar-refractivity contribution in [3.05, 3.63) is 42.0 Å². The highest BCUT2D eigenvalue weighted by Crippen LogP contribution is 2.42. The molecular formula is C26H42O4Si2. The summed E-state index contributed by atoms with van der Waals surface area (Å²) < 4.78 is 12.8. The Balaban J connectivity index is 2.43. The fraction of sp³-hybridized carbons (Fsp3) is 0.538. The van der Waals surface area contributed by atoms with Gasteiger partial charge < -0.3 is 19.1 Å². The number of hydrogen-bond donors (Lipinski definition) is 2. The number of hydrogen-bond acceptors (Lipinski definition) is 4. The van der Waals surface area contributed by atoms with Gasteiger partial charge >= 0.3 is 0 Å². The molecule has 0 bridgehead atoms. The van der Waals surface area contributed by atoms with Gasteiger partial charge in [0.05, 0.1) is 6.10 Å². The first-order valence-corrected chi connectivity index (χ1v) is 17.2. The molecular weight excluding hydrogens is 432 g/mol. The van der Waals surface area contributed by atoms with Crippen molar-refractivity contribution in [2.45, 2.75) is 90.8 Å². The Bertz CT molecular complexity index is 951. The zero-order valence-electron chi connectivity index (χ0n) is 21.8. The van der Waals surface area contributed by atoms with Crippen molar-refractivity contribution >= 4 is 16.6 Å². The van der Waals surface area contributed by atoms with Crippen molar-refractivity contribution in [3.8, 4) is 28.4 Å². The topological polar surface area (TPSA) is 58.9 Å². The number of aliphatic hydroxyl groups is 1. The van der Waals surface area contributed by atoms with Crippen LogP contribution < -0.4 is 8.85 Å². The molecule has 0 saturated heterocycles. The first-order valence-electron chi connectivity index (χ1n) is 11.4. The number of rotatable bonds is 6. The molecule has 1 unspecified atom stereocenters. The Morgan fingerprint density at radius 2 is 1.12 bits per heavy atom. The third kappa shape index (κ3) is 5.77. The predicted molar refractivity (Wildman–Crippen MR) is 140 cm³/mol. The minimum absolute atomic E-state index is 0.0702. The lowest BCUT2D eigenvalue weighted by Crippen LogP contribution is -2.43. The molecule has 0 saturated carbocycles. The van der Waals surface area contributed by atoms with Gasteiger partial charge in [0.15, 0.2) is 0 Å². The van der Waals surface area contributed by atoms with Gasteiger partial charge in [0.2, 0.25) is 16.6 Å². The van der Waals surface area contributed by atoms with Crippen molar-refractivity contribution in [3.63, 3.8) is 0 Å². The van der Waals surface area contributed by atoms with Crippen LogP contribution in [-0.2, 0) is 0 Å². The SMILES string of the molecule is CC(O)c1cc(O[Si](C)(C)C(C)(C)C)ccc1-c1ccc(O[Si](C)(C)C(C)(C)C)cc1O. The maximum absolute atomic E-state index is 10.8. The normalized spacial score (nSPS) is 14.2. The maximum Gasteiger partial charge on any atom is 0.250 e. The largest absolute Gasteiger partial charge is 0.543 e. The second-order valence-electron chi connectivity index (χ2n) is 11.8. The van der Waals surface area contributed by atoms with Gasteiger partial charge in [0, 0.05) is 11.6 Å². The molecule has 178 valence electrons. The fourth-order valence-corrected chi connectivity index (χ4v) is 4.94. The molecule has 0 fully saturated rings. The minimum atomic E-state index is -2.00. The Kier molecular flexibility index (Phi) is 7.35. The lowest BCUT2D eigenvalue weighted by atomic mass is 9.95. The van der Waals surface area contributed by atoms with Gasteiger partial charge in [-0.25, -0.2) is 0 Å². The van der Waals surface area contributed by atoms with Crippen molar-refractivity contribution in [1.29, 1.82) is 0 Å². The van der Waals surface area contributed by atoms with Gasteiger partial charge in [-0.15, -0.1) is 0 Å². The van der Waals surface area contributed by atoms with Crippen LogP contribution in [0.3, 0.4) is 0 Å². The van der Waals surface area contributed by atoms with E-state index in [1.54, 1.807) is 13.0 Å². The van der Waals surface area contributed by atoms with Crippen LogP contribution in [0.4, 0.5) is 0 Å². The molecule has 2 N–H and O–H groups in total. The van der Waals surface area contributed by atoms with E-state index >= 15 is 0 Å². The minimum Gasteiger partial charge on any atom is -0.543 e. The van der Waals surface area contributed by atoms with Crippen LogP contribution in [0, 0.1) is 0 Å². The third-order valence-corrected chi connectivity index (χ3v) is 15.8. The van der Waals surface area contributed by atoms with Crippen molar-refractivity contribution in [2.24, 2.45) is 0 Å². The Morgan fingerprint density at radius 1 is 0.719 bits per heavy atom. The quantitative estimate of drug-likeness (QED) is 0.418. The zero-order valence-corrected chi connectivity index (χ0v) is 23.8. The molecule has 0 aliphatic heterocycles. The van der Waals surface area contributed by atoms with Crippen LogP contribution in [0.1, 0.15) is 60.1 Å². The lowest BCUT2D eigenvalue weighted by Gasteiger charge is -2.36. The van der Waals surface area contributed by atoms with E-state index in [9.17, 15) is 10.2 Å². The number of phenolic OH excluding ortho intramolecular Hbond substituents is 1. The summed E-state index contributed by atoms with van der Waals surface area (Å²) in [6.45, 7) is 23.7. The third-order valence-electron chi connectivity index (χ3n) is 7.09. The molecule has 0 spiro atoms. The standard InChI is InChI=1S/C26H42O4Si2/c1-18(27)23-16-19(29-31(8,9)25(2,3)4)12-14-21(23)22-15-13-20(17-24(22)28)30-32(10,11)26(5,6)7/h12-18,27-28H,1-11H3. The number of aliphatic hydroxyl groups excluding tert-OH is 1. The molecule has 1 atom stereocenters. The van der Waals surface area contributed by atoms with E-state index in [0.717, 1.165) is 16.9 Å². The molecule has 0 aliphatic rings. The average Bonchev–Trinajstić information content (AvgIpc) is 2.59. The smallest absolute Gasteiger partial charge is 0.250 e. The molecule has 0 amide bonds. The van der Waals surface area contributed by atoms with Gasteiger partial charge in [0.1, 0.15) is 17.2 Å². The highest BCUT2D eigenvalue weighted by atomic mass is 28.4. The summed E-state index contributed by atoms with van der Waals surface area (Å²) in [5, 5.41) is 21.5. The lowest BCUT2D eigenvalue weighted by molar-refractivity contribution is 0.199. The molecule has 32 heavy (non-hydrogen) atoms. The molecule has 2 aromatic rings. The van der Waals surface area contributed by atoms with Crippen LogP contribution in [0.5, 0.6) is 17.2 Å². The van der Waals surface area contributed by atoms with Crippen LogP contribution in [0.25, 0.3) is 11.1 Å². The molecule has 6 heteroatoms. The Morgan fingerprint density at radius 3 is 1.50 bits per heavy atom. The van der Waals surface area contributed by atoms with E-state index in [1.807, 2.05) is 30.3 Å². The van der Waals surface area contributed by atoms with E-state index < -0.39 is 22.7 Å². The van der Waals surface area contributed by atoms with E-state index in [2.05, 4.69) is 67.7 Å². The summed E-state index contributed by atoms with van der Waals surface area (Å²) in [7, 11) is -4.00. The number of phenols is 1. The summed E-state index contributed by atoms with van der Waals surface area (Å²) in [6.07, 6.45) is -0.699. The van der Waals surface area contributed by atoms with Gasteiger partial charge in [0.25, 0.3) is 0 Å². The van der Waals surface area contributed by atoms with Gasteiger partial charge in [-0.1, -0.05) is 47.6 Å². The monoisotopic (exact) mass is 474 g/mol. The second-order valence-corrected chi connectivity index (χ2v) is 21.3. The van der Waals surface area contributed by atoms with E-state index in [0.29, 0.717) is 11.3 Å². The van der Waals surface area contributed by atoms with Crippen LogP contribution >= 0.6 is 0 Å². The fourth-order valence-electron chi connectivity index (χ4n) is 2.89. The molecule has 2 rings (SSSR count). The van der Waals surface area contributed by atoms with Crippen molar-refractivity contribution in [2.75, 3.05) is 0 Å². The first-order chi connectivity index (χ1) is 14.4. The summed E-state index contributed by atoms with van der Waals surface area (Å²) in [6, 6.07) is 11.2. The summed E-state index contributed by atoms with van der Waals surface area (Å²) in [5.74, 6) is 1.57. The predicted octanol–water partition coefficient (Wildman–Crippen LogP) is 7.88. The summed E-state index contributed by atoms with van der Waals surface area (Å²) in [4.78, 5) is 0. The molecule has 2 aromatic carbocycles. The van der Waals surface area contributed by atoms with E-state index in [-0.39, 0.29) is 15.8 Å². The average molecular weight is 475 g/mol. The van der Waals surface area contributed by atoms with E-state index in [1.165, 1.54) is 0 Å². The number of benzene rings is 2. The van der Waals surface area contributed by atoms with Crippen molar-refractivity contribution in [1.82, 2.24) is 0 Å². The highest BCUT2D eigenvalue weighted by Gasteiger charge is 2.40. The maximum atomic E-state index is 10.8.